The van der Waals surface area contributed by atoms with Crippen LogP contribution in [-0.4, -0.2) is 58.9 Å². The molecule has 0 spiro atoms. The van der Waals surface area contributed by atoms with Gasteiger partial charge in [0.1, 0.15) is 0 Å². The molecule has 102 valence electrons. The average Bonchev–Trinajstić information content (AvgIpc) is 2.30. The predicted octanol–water partition coefficient (Wildman–Crippen LogP) is 0.284. The monoisotopic (exact) mass is 264 g/mol. The van der Waals surface area contributed by atoms with Crippen LogP contribution >= 0.6 is 0 Å². The molecule has 0 bridgehead atoms. The third kappa shape index (κ3) is 5.33. The molecule has 5 nitrogen and oxygen atoms in total. The van der Waals surface area contributed by atoms with E-state index < -0.39 is 10.0 Å². The smallest absolute Gasteiger partial charge is 0.213 e. The highest BCUT2D eigenvalue weighted by molar-refractivity contribution is 7.89. The molecule has 0 aromatic carbocycles. The van der Waals surface area contributed by atoms with Crippen LogP contribution in [-0.2, 0) is 14.8 Å². The van der Waals surface area contributed by atoms with E-state index in [2.05, 4.69) is 5.32 Å². The van der Waals surface area contributed by atoms with Crippen molar-refractivity contribution in [2.45, 2.75) is 19.3 Å². The van der Waals surface area contributed by atoms with E-state index in [9.17, 15) is 8.42 Å². The van der Waals surface area contributed by atoms with E-state index in [1.165, 1.54) is 4.31 Å². The average molecular weight is 264 g/mol. The second-order valence-corrected chi connectivity index (χ2v) is 6.85. The third-order valence-electron chi connectivity index (χ3n) is 3.14. The number of hydrogen-bond donors (Lipinski definition) is 1. The summed E-state index contributed by atoms with van der Waals surface area (Å²) in [6, 6.07) is 0. The van der Waals surface area contributed by atoms with Crippen LogP contribution in [0.1, 0.15) is 19.3 Å². The van der Waals surface area contributed by atoms with Gasteiger partial charge in [-0.05, 0) is 38.3 Å². The summed E-state index contributed by atoms with van der Waals surface area (Å²) in [6.07, 6.45) is 2.82. The van der Waals surface area contributed by atoms with Gasteiger partial charge in [0.25, 0.3) is 0 Å². The number of rotatable bonds is 7. The van der Waals surface area contributed by atoms with E-state index in [0.29, 0.717) is 25.5 Å². The summed E-state index contributed by atoms with van der Waals surface area (Å²) in [6.45, 7) is 3.11. The van der Waals surface area contributed by atoms with Crippen molar-refractivity contribution in [3.63, 3.8) is 0 Å². The van der Waals surface area contributed by atoms with Crippen LogP contribution in [0.3, 0.4) is 0 Å². The van der Waals surface area contributed by atoms with Crippen molar-refractivity contribution >= 4 is 10.0 Å². The molecule has 1 atom stereocenters. The van der Waals surface area contributed by atoms with Gasteiger partial charge in [0, 0.05) is 27.3 Å². The largest absolute Gasteiger partial charge is 0.385 e. The molecule has 1 aliphatic rings. The number of sulfonamides is 1. The van der Waals surface area contributed by atoms with Crippen molar-refractivity contribution in [1.82, 2.24) is 9.62 Å². The molecule has 1 aliphatic heterocycles. The van der Waals surface area contributed by atoms with Crippen LogP contribution in [0, 0.1) is 5.92 Å². The molecule has 6 heteroatoms. The summed E-state index contributed by atoms with van der Waals surface area (Å²) in [5.74, 6) is 0.628. The summed E-state index contributed by atoms with van der Waals surface area (Å²) in [7, 11) is 0.158. The fourth-order valence-corrected chi connectivity index (χ4v) is 3.33. The molecule has 0 aliphatic carbocycles. The van der Waals surface area contributed by atoms with Crippen LogP contribution in [0.25, 0.3) is 0 Å². The Morgan fingerprint density at radius 3 is 2.82 bits per heavy atom. The van der Waals surface area contributed by atoms with E-state index >= 15 is 0 Å². The van der Waals surface area contributed by atoms with Crippen molar-refractivity contribution in [3.05, 3.63) is 0 Å². The maximum absolute atomic E-state index is 11.9. The Balaban J connectivity index is 2.36. The molecule has 1 N–H and O–H groups in total. The Hall–Kier alpha value is -0.170. The fourth-order valence-electron chi connectivity index (χ4n) is 2.10. The number of ether oxygens (including phenoxy) is 1. The van der Waals surface area contributed by atoms with Gasteiger partial charge in [0.05, 0.1) is 5.75 Å². The summed E-state index contributed by atoms with van der Waals surface area (Å²) < 4.78 is 30.2. The van der Waals surface area contributed by atoms with E-state index in [4.69, 9.17) is 4.74 Å². The Morgan fingerprint density at radius 2 is 2.24 bits per heavy atom. The number of nitrogens with zero attached hydrogens (tertiary/aromatic N) is 1. The van der Waals surface area contributed by atoms with E-state index in [1.54, 1.807) is 14.2 Å². The van der Waals surface area contributed by atoms with Crippen molar-refractivity contribution in [2.24, 2.45) is 5.92 Å². The Morgan fingerprint density at radius 1 is 1.47 bits per heavy atom. The lowest BCUT2D eigenvalue weighted by Crippen LogP contribution is -2.40. The number of nitrogens with one attached hydrogen (secondary N) is 1. The molecule has 1 saturated heterocycles. The molecule has 0 radical (unpaired) electrons. The molecular weight excluding hydrogens is 240 g/mol. The second kappa shape index (κ2) is 7.31. The van der Waals surface area contributed by atoms with Crippen molar-refractivity contribution < 1.29 is 13.2 Å². The summed E-state index contributed by atoms with van der Waals surface area (Å²) in [4.78, 5) is 0. The molecule has 17 heavy (non-hydrogen) atoms. The molecule has 1 fully saturated rings. The normalized spacial score (nSPS) is 21.9. The molecule has 1 rings (SSSR count). The second-order valence-electron chi connectivity index (χ2n) is 4.66. The standard InChI is InChI=1S/C11H24N2O3S/c1-13(10-11-5-3-6-12-9-11)17(14,15)8-4-7-16-2/h11-12H,3-10H2,1-2H3. The number of methoxy groups -OCH3 is 1. The third-order valence-corrected chi connectivity index (χ3v) is 5.04. The van der Waals surface area contributed by atoms with Crippen molar-refractivity contribution in [3.8, 4) is 0 Å². The van der Waals surface area contributed by atoms with Gasteiger partial charge in [0.2, 0.25) is 10.0 Å². The zero-order valence-corrected chi connectivity index (χ0v) is 11.6. The highest BCUT2D eigenvalue weighted by Gasteiger charge is 2.22. The SMILES string of the molecule is COCCCS(=O)(=O)N(C)CC1CCCNC1. The summed E-state index contributed by atoms with van der Waals surface area (Å²) in [5.41, 5.74) is 0. The molecule has 0 amide bonds. The van der Waals surface area contributed by atoms with E-state index in [0.717, 1.165) is 25.9 Å². The van der Waals surface area contributed by atoms with Crippen LogP contribution in [0.15, 0.2) is 0 Å². The minimum Gasteiger partial charge on any atom is -0.385 e. The fraction of sp³-hybridized carbons (Fsp3) is 1.00. The van der Waals surface area contributed by atoms with Crippen LogP contribution < -0.4 is 5.32 Å². The number of piperidine rings is 1. The molecule has 0 saturated carbocycles. The Kier molecular flexibility index (Phi) is 6.40. The van der Waals surface area contributed by atoms with Gasteiger partial charge >= 0.3 is 0 Å². The highest BCUT2D eigenvalue weighted by atomic mass is 32.2. The van der Waals surface area contributed by atoms with Gasteiger partial charge in [-0.25, -0.2) is 12.7 Å². The topological polar surface area (TPSA) is 58.6 Å². The summed E-state index contributed by atoms with van der Waals surface area (Å²) in [5, 5.41) is 3.30. The van der Waals surface area contributed by atoms with Gasteiger partial charge in [-0.1, -0.05) is 0 Å². The first kappa shape index (κ1) is 14.9. The van der Waals surface area contributed by atoms with Gasteiger partial charge in [-0.2, -0.15) is 0 Å². The van der Waals surface area contributed by atoms with Crippen molar-refractivity contribution in [2.75, 3.05) is 46.2 Å². The maximum Gasteiger partial charge on any atom is 0.213 e. The lowest BCUT2D eigenvalue weighted by molar-refractivity contribution is 0.199. The lowest BCUT2D eigenvalue weighted by atomic mass is 10.00. The molecule has 1 unspecified atom stereocenters. The van der Waals surface area contributed by atoms with Gasteiger partial charge < -0.3 is 10.1 Å². The van der Waals surface area contributed by atoms with Gasteiger partial charge in [0.15, 0.2) is 0 Å². The van der Waals surface area contributed by atoms with E-state index in [1.807, 2.05) is 0 Å². The maximum atomic E-state index is 11.9. The number of hydrogen-bond acceptors (Lipinski definition) is 4. The zero-order chi connectivity index (χ0) is 12.7. The minimum atomic E-state index is -3.11. The van der Waals surface area contributed by atoms with Gasteiger partial charge in [-0.3, -0.25) is 0 Å². The molecule has 1 heterocycles. The van der Waals surface area contributed by atoms with Crippen LogP contribution in [0.2, 0.25) is 0 Å². The first-order valence-corrected chi connectivity index (χ1v) is 7.81. The zero-order valence-electron chi connectivity index (χ0n) is 10.8. The minimum absolute atomic E-state index is 0.178. The van der Waals surface area contributed by atoms with Crippen molar-refractivity contribution in [1.29, 1.82) is 0 Å². The summed E-state index contributed by atoms with van der Waals surface area (Å²) >= 11 is 0. The highest BCUT2D eigenvalue weighted by Crippen LogP contribution is 2.13. The van der Waals surface area contributed by atoms with Crippen LogP contribution in [0.4, 0.5) is 0 Å². The Labute approximate surface area is 105 Å². The molecule has 0 aromatic rings. The van der Waals surface area contributed by atoms with E-state index in [-0.39, 0.29) is 5.75 Å². The first-order chi connectivity index (χ1) is 8.06. The lowest BCUT2D eigenvalue weighted by Gasteiger charge is -2.27. The Bertz CT molecular complexity index is 300. The quantitative estimate of drug-likeness (QED) is 0.671. The predicted molar refractivity (Wildman–Crippen MR) is 68.5 cm³/mol. The van der Waals surface area contributed by atoms with Crippen LogP contribution in [0.5, 0.6) is 0 Å². The molecule has 0 aromatic heterocycles. The molecular formula is C11H24N2O3S. The van der Waals surface area contributed by atoms with Gasteiger partial charge in [-0.15, -0.1) is 0 Å². The first-order valence-electron chi connectivity index (χ1n) is 6.20.